The van der Waals surface area contributed by atoms with Crippen LogP contribution in [0.2, 0.25) is 0 Å². The Bertz CT molecular complexity index is 475. The van der Waals surface area contributed by atoms with Crippen molar-refractivity contribution >= 4 is 32.7 Å². The standard InChI is InChI=1S/C9H7BrN2O/c1-6(13)12-9-3-2-8(10)4-7(9)5-11-12/h2-5H,1H3. The second kappa shape index (κ2) is 2.96. The van der Waals surface area contributed by atoms with E-state index >= 15 is 0 Å². The molecular weight excluding hydrogens is 232 g/mol. The van der Waals surface area contributed by atoms with Crippen molar-refractivity contribution in [2.24, 2.45) is 0 Å². The van der Waals surface area contributed by atoms with E-state index in [9.17, 15) is 4.79 Å². The van der Waals surface area contributed by atoms with Crippen LogP contribution in [0.25, 0.3) is 10.9 Å². The Morgan fingerprint density at radius 1 is 1.54 bits per heavy atom. The molecule has 0 N–H and O–H groups in total. The summed E-state index contributed by atoms with van der Waals surface area (Å²) < 4.78 is 2.38. The number of hydrogen-bond acceptors (Lipinski definition) is 2. The van der Waals surface area contributed by atoms with E-state index in [-0.39, 0.29) is 5.91 Å². The van der Waals surface area contributed by atoms with E-state index in [4.69, 9.17) is 0 Å². The van der Waals surface area contributed by atoms with Gasteiger partial charge in [-0.1, -0.05) is 15.9 Å². The van der Waals surface area contributed by atoms with Gasteiger partial charge in [-0.2, -0.15) is 5.10 Å². The van der Waals surface area contributed by atoms with E-state index in [2.05, 4.69) is 21.0 Å². The van der Waals surface area contributed by atoms with Gasteiger partial charge in [0.15, 0.2) is 0 Å². The molecule has 0 saturated carbocycles. The maximum absolute atomic E-state index is 11.1. The van der Waals surface area contributed by atoms with Gasteiger partial charge >= 0.3 is 0 Å². The molecule has 1 heterocycles. The average molecular weight is 239 g/mol. The van der Waals surface area contributed by atoms with Gasteiger partial charge in [0.2, 0.25) is 5.91 Å². The van der Waals surface area contributed by atoms with E-state index in [0.29, 0.717) is 0 Å². The largest absolute Gasteiger partial charge is 0.273 e. The molecule has 0 saturated heterocycles. The molecule has 2 aromatic rings. The molecule has 0 unspecified atom stereocenters. The van der Waals surface area contributed by atoms with Crippen LogP contribution in [0.5, 0.6) is 0 Å². The van der Waals surface area contributed by atoms with Crippen molar-refractivity contribution in [1.29, 1.82) is 0 Å². The van der Waals surface area contributed by atoms with Crippen LogP contribution in [0.4, 0.5) is 0 Å². The summed E-state index contributed by atoms with van der Waals surface area (Å²) in [6.07, 6.45) is 1.68. The monoisotopic (exact) mass is 238 g/mol. The minimum absolute atomic E-state index is 0.0719. The van der Waals surface area contributed by atoms with E-state index in [1.54, 1.807) is 6.20 Å². The van der Waals surface area contributed by atoms with Gasteiger partial charge in [-0.15, -0.1) is 0 Å². The van der Waals surface area contributed by atoms with Crippen LogP contribution >= 0.6 is 15.9 Å². The Kier molecular flexibility index (Phi) is 1.92. The first-order valence-electron chi connectivity index (χ1n) is 3.83. The minimum atomic E-state index is -0.0719. The molecule has 0 fully saturated rings. The lowest BCUT2D eigenvalue weighted by molar-refractivity contribution is 0.0927. The molecule has 3 nitrogen and oxygen atoms in total. The molecule has 2 rings (SSSR count). The van der Waals surface area contributed by atoms with Gasteiger partial charge in [-0.25, -0.2) is 4.68 Å². The molecule has 0 amide bonds. The molecule has 0 bridgehead atoms. The number of benzene rings is 1. The number of carbonyl (C=O) groups excluding carboxylic acids is 1. The third-order valence-electron chi connectivity index (χ3n) is 1.83. The van der Waals surface area contributed by atoms with Crippen molar-refractivity contribution < 1.29 is 4.79 Å². The van der Waals surface area contributed by atoms with E-state index in [1.165, 1.54) is 11.6 Å². The smallest absolute Gasteiger partial charge is 0.244 e. The summed E-state index contributed by atoms with van der Waals surface area (Å²) in [6, 6.07) is 5.69. The lowest BCUT2D eigenvalue weighted by atomic mass is 10.2. The summed E-state index contributed by atoms with van der Waals surface area (Å²) in [4.78, 5) is 11.1. The van der Waals surface area contributed by atoms with Crippen molar-refractivity contribution in [2.75, 3.05) is 0 Å². The number of carbonyl (C=O) groups is 1. The summed E-state index contributed by atoms with van der Waals surface area (Å²) in [5.41, 5.74) is 0.843. The first-order chi connectivity index (χ1) is 6.18. The zero-order chi connectivity index (χ0) is 9.42. The van der Waals surface area contributed by atoms with Crippen LogP contribution < -0.4 is 0 Å². The fourth-order valence-electron chi connectivity index (χ4n) is 1.25. The molecule has 0 aliphatic rings. The Hall–Kier alpha value is -1.16. The Morgan fingerprint density at radius 3 is 3.00 bits per heavy atom. The Labute approximate surface area is 83.5 Å². The van der Waals surface area contributed by atoms with E-state index < -0.39 is 0 Å². The molecule has 0 aliphatic carbocycles. The molecule has 4 heteroatoms. The van der Waals surface area contributed by atoms with Crippen molar-refractivity contribution in [3.05, 3.63) is 28.9 Å². The highest BCUT2D eigenvalue weighted by molar-refractivity contribution is 9.10. The summed E-state index contributed by atoms with van der Waals surface area (Å²) in [7, 11) is 0. The first-order valence-corrected chi connectivity index (χ1v) is 4.62. The van der Waals surface area contributed by atoms with E-state index in [1.807, 2.05) is 18.2 Å². The van der Waals surface area contributed by atoms with Crippen molar-refractivity contribution in [2.45, 2.75) is 6.92 Å². The lowest BCUT2D eigenvalue weighted by Crippen LogP contribution is -2.06. The Balaban J connectivity index is 2.76. The maximum Gasteiger partial charge on any atom is 0.244 e. The van der Waals surface area contributed by atoms with Crippen molar-refractivity contribution in [3.63, 3.8) is 0 Å². The van der Waals surface area contributed by atoms with Crippen LogP contribution in [0.3, 0.4) is 0 Å². The fourth-order valence-corrected chi connectivity index (χ4v) is 1.63. The highest BCUT2D eigenvalue weighted by Crippen LogP contribution is 2.18. The third-order valence-corrected chi connectivity index (χ3v) is 2.32. The molecule has 0 aliphatic heterocycles. The highest BCUT2D eigenvalue weighted by Gasteiger charge is 2.05. The predicted molar refractivity (Wildman–Crippen MR) is 53.7 cm³/mol. The van der Waals surface area contributed by atoms with Crippen LogP contribution in [-0.2, 0) is 0 Å². The number of halogens is 1. The molecular formula is C9H7BrN2O. The van der Waals surface area contributed by atoms with Gasteiger partial charge in [-0.05, 0) is 18.2 Å². The average Bonchev–Trinajstić information content (AvgIpc) is 2.46. The lowest BCUT2D eigenvalue weighted by Gasteiger charge is -1.96. The zero-order valence-corrected chi connectivity index (χ0v) is 8.58. The molecule has 0 spiro atoms. The van der Waals surface area contributed by atoms with Crippen molar-refractivity contribution in [1.82, 2.24) is 9.78 Å². The normalized spacial score (nSPS) is 10.6. The molecule has 0 radical (unpaired) electrons. The number of rotatable bonds is 0. The van der Waals surface area contributed by atoms with E-state index in [0.717, 1.165) is 15.4 Å². The fraction of sp³-hybridized carbons (Fsp3) is 0.111. The van der Waals surface area contributed by atoms with Crippen LogP contribution in [0, 0.1) is 0 Å². The summed E-state index contributed by atoms with van der Waals surface area (Å²) in [5.74, 6) is -0.0719. The SMILES string of the molecule is CC(=O)n1ncc2cc(Br)ccc21. The number of aromatic nitrogens is 2. The second-order valence-electron chi connectivity index (χ2n) is 2.78. The minimum Gasteiger partial charge on any atom is -0.273 e. The number of nitrogens with zero attached hydrogens (tertiary/aromatic N) is 2. The maximum atomic E-state index is 11.1. The van der Waals surface area contributed by atoms with Gasteiger partial charge in [0.25, 0.3) is 0 Å². The molecule has 0 atom stereocenters. The third kappa shape index (κ3) is 1.37. The number of fused-ring (bicyclic) bond motifs is 1. The summed E-state index contributed by atoms with van der Waals surface area (Å²) in [6.45, 7) is 1.49. The zero-order valence-electron chi connectivity index (χ0n) is 6.99. The molecule has 66 valence electrons. The molecule has 1 aromatic carbocycles. The van der Waals surface area contributed by atoms with Crippen LogP contribution in [-0.4, -0.2) is 15.7 Å². The first kappa shape index (κ1) is 8.44. The predicted octanol–water partition coefficient (Wildman–Crippen LogP) is 2.46. The molecule has 13 heavy (non-hydrogen) atoms. The number of hydrogen-bond donors (Lipinski definition) is 0. The van der Waals surface area contributed by atoms with Crippen LogP contribution in [0.15, 0.2) is 28.9 Å². The Morgan fingerprint density at radius 2 is 2.31 bits per heavy atom. The van der Waals surface area contributed by atoms with Crippen molar-refractivity contribution in [3.8, 4) is 0 Å². The molecule has 1 aromatic heterocycles. The highest BCUT2D eigenvalue weighted by atomic mass is 79.9. The van der Waals surface area contributed by atoms with Gasteiger partial charge in [0.05, 0.1) is 11.7 Å². The summed E-state index contributed by atoms with van der Waals surface area (Å²) in [5, 5.41) is 4.94. The van der Waals surface area contributed by atoms with Crippen LogP contribution in [0.1, 0.15) is 11.7 Å². The van der Waals surface area contributed by atoms with Gasteiger partial charge < -0.3 is 0 Å². The van der Waals surface area contributed by atoms with Gasteiger partial charge in [-0.3, -0.25) is 4.79 Å². The summed E-state index contributed by atoms with van der Waals surface area (Å²) >= 11 is 3.36. The second-order valence-corrected chi connectivity index (χ2v) is 3.69. The topological polar surface area (TPSA) is 34.9 Å². The van der Waals surface area contributed by atoms with Gasteiger partial charge in [0, 0.05) is 16.8 Å². The quantitative estimate of drug-likeness (QED) is 0.707. The van der Waals surface area contributed by atoms with Gasteiger partial charge in [0.1, 0.15) is 0 Å².